The molecule has 0 N–H and O–H groups in total. The third-order valence-corrected chi connectivity index (χ3v) is 2.41. The first-order valence-corrected chi connectivity index (χ1v) is 4.03. The number of carbonyl (C=O) groups excluding carboxylic acids is 1. The lowest BCUT2D eigenvalue weighted by Gasteiger charge is -2.27. The second kappa shape index (κ2) is 4.27. The minimum absolute atomic E-state index is 0.00267. The van der Waals surface area contributed by atoms with Crippen molar-refractivity contribution in [2.75, 3.05) is 12.4 Å². The minimum Gasteiger partial charge on any atom is -0.313 e. The van der Waals surface area contributed by atoms with Gasteiger partial charge in [0.2, 0.25) is 10.9 Å². The topological polar surface area (TPSA) is 20.3 Å². The van der Waals surface area contributed by atoms with E-state index in [0.29, 0.717) is 13.0 Å². The lowest BCUT2D eigenvalue weighted by atomic mass is 10.5. The zero-order valence-corrected chi connectivity index (χ0v) is 7.75. The molecule has 1 amide bonds. The van der Waals surface area contributed by atoms with Crippen LogP contribution in [-0.4, -0.2) is 28.2 Å². The van der Waals surface area contributed by atoms with Gasteiger partial charge in [0.15, 0.2) is 0 Å². The predicted molar refractivity (Wildman–Crippen MR) is 43.6 cm³/mol. The number of hydrogen-bond acceptors (Lipinski definition) is 1. The molecular weight excluding hydrogens is 196 g/mol. The van der Waals surface area contributed by atoms with Crippen molar-refractivity contribution in [1.82, 2.24) is 4.90 Å². The Kier molecular flexibility index (Phi) is 4.41. The fraction of sp³-hybridized carbons (Fsp3) is 0.800. The lowest BCUT2D eigenvalue weighted by Crippen LogP contribution is -2.39. The average Bonchev–Trinajstić information content (AvgIpc) is 1.90. The van der Waals surface area contributed by atoms with E-state index in [1.54, 1.807) is 6.92 Å². The Morgan fingerprint density at radius 3 is 2.20 bits per heavy atom. The normalized spacial score (nSPS) is 11.2. The van der Waals surface area contributed by atoms with E-state index >= 15 is 0 Å². The van der Waals surface area contributed by atoms with Gasteiger partial charge in [-0.2, -0.15) is 0 Å². The molecule has 0 heterocycles. The zero-order valence-electron chi connectivity index (χ0n) is 5.48. The summed E-state index contributed by atoms with van der Waals surface area (Å²) in [7, 11) is 0. The summed E-state index contributed by atoms with van der Waals surface area (Å²) >= 11 is 16.6. The van der Waals surface area contributed by atoms with Crippen LogP contribution in [0.25, 0.3) is 0 Å². The summed E-state index contributed by atoms with van der Waals surface area (Å²) in [4.78, 5) is 11.5. The van der Waals surface area contributed by atoms with Crippen LogP contribution in [0.1, 0.15) is 6.92 Å². The van der Waals surface area contributed by atoms with Crippen LogP contribution in [0.2, 0.25) is 0 Å². The lowest BCUT2D eigenvalue weighted by molar-refractivity contribution is -0.119. The minimum atomic E-state index is -1.27. The van der Waals surface area contributed by atoms with Crippen molar-refractivity contribution in [3.05, 3.63) is 0 Å². The highest BCUT2D eigenvalue weighted by molar-refractivity contribution is 6.51. The molecule has 0 unspecified atom stereocenters. The van der Waals surface area contributed by atoms with Crippen LogP contribution >= 0.6 is 34.8 Å². The third-order valence-electron chi connectivity index (χ3n) is 1.05. The second-order valence-corrected chi connectivity index (χ2v) is 3.40. The van der Waals surface area contributed by atoms with Gasteiger partial charge in [-0.05, 0) is 6.92 Å². The van der Waals surface area contributed by atoms with Gasteiger partial charge in [0.1, 0.15) is 0 Å². The van der Waals surface area contributed by atoms with Crippen molar-refractivity contribution < 1.29 is 4.79 Å². The Morgan fingerprint density at radius 1 is 1.60 bits per heavy atom. The van der Waals surface area contributed by atoms with E-state index in [4.69, 9.17) is 34.8 Å². The Bertz CT molecular complexity index is 117. The molecule has 5 heteroatoms. The summed E-state index contributed by atoms with van der Waals surface area (Å²) in [5.74, 6) is 0.00267. The first-order valence-electron chi connectivity index (χ1n) is 2.74. The summed E-state index contributed by atoms with van der Waals surface area (Å²) < 4.78 is -1.27. The highest BCUT2D eigenvalue weighted by Gasteiger charge is 2.28. The molecule has 0 aliphatic heterocycles. The molecule has 0 aliphatic rings. The molecule has 0 aromatic rings. The van der Waals surface area contributed by atoms with Gasteiger partial charge in [0.25, 0.3) is 0 Å². The summed E-state index contributed by atoms with van der Waals surface area (Å²) in [5.41, 5.74) is 0. The van der Waals surface area contributed by atoms with E-state index in [0.717, 1.165) is 0 Å². The molecule has 0 spiro atoms. The summed E-state index contributed by atoms with van der Waals surface area (Å²) in [5, 5.41) is 0. The van der Waals surface area contributed by atoms with E-state index in [2.05, 4.69) is 0 Å². The monoisotopic (exact) mass is 203 g/mol. The third kappa shape index (κ3) is 2.52. The molecule has 0 aromatic carbocycles. The standard InChI is InChI=1S/C5H8Cl3NO/c1-2-9(4-10)5(7,8)3-6/h4H,2-3H2,1H3. The van der Waals surface area contributed by atoms with Gasteiger partial charge < -0.3 is 4.90 Å². The number of carbonyl (C=O) groups is 1. The highest BCUT2D eigenvalue weighted by Crippen LogP contribution is 2.25. The van der Waals surface area contributed by atoms with Gasteiger partial charge in [0, 0.05) is 6.54 Å². The molecule has 0 bridgehead atoms. The molecular formula is C5H8Cl3NO. The molecule has 0 saturated heterocycles. The molecule has 2 nitrogen and oxygen atoms in total. The SMILES string of the molecule is CCN(C=O)C(Cl)(Cl)CCl. The molecule has 0 radical (unpaired) electrons. The predicted octanol–water partition coefficient (Wildman–Crippen LogP) is 1.83. The van der Waals surface area contributed by atoms with Crippen molar-refractivity contribution >= 4 is 41.2 Å². The van der Waals surface area contributed by atoms with Crippen LogP contribution < -0.4 is 0 Å². The van der Waals surface area contributed by atoms with Crippen molar-refractivity contribution in [2.45, 2.75) is 11.4 Å². The largest absolute Gasteiger partial charge is 0.313 e. The maximum absolute atomic E-state index is 10.2. The molecule has 0 saturated carbocycles. The van der Waals surface area contributed by atoms with E-state index in [-0.39, 0.29) is 5.88 Å². The van der Waals surface area contributed by atoms with Crippen LogP contribution in [-0.2, 0) is 4.79 Å². The fourth-order valence-corrected chi connectivity index (χ4v) is 0.932. The molecule has 0 atom stereocenters. The number of alkyl halides is 3. The summed E-state index contributed by atoms with van der Waals surface area (Å²) in [6.07, 6.45) is 0.572. The van der Waals surface area contributed by atoms with Crippen LogP contribution in [0.15, 0.2) is 0 Å². The van der Waals surface area contributed by atoms with Gasteiger partial charge in [-0.1, -0.05) is 23.2 Å². The number of hydrogen-bond donors (Lipinski definition) is 0. The van der Waals surface area contributed by atoms with Gasteiger partial charge in [-0.15, -0.1) is 11.6 Å². The van der Waals surface area contributed by atoms with Crippen molar-refractivity contribution in [3.8, 4) is 0 Å². The summed E-state index contributed by atoms with van der Waals surface area (Å²) in [6.45, 7) is 2.21. The maximum atomic E-state index is 10.2. The number of amides is 1. The van der Waals surface area contributed by atoms with Gasteiger partial charge in [-0.25, -0.2) is 0 Å². The van der Waals surface area contributed by atoms with Gasteiger partial charge >= 0.3 is 0 Å². The van der Waals surface area contributed by atoms with Crippen LogP contribution in [0.5, 0.6) is 0 Å². The Hall–Kier alpha value is 0.340. The van der Waals surface area contributed by atoms with E-state index in [1.165, 1.54) is 4.90 Å². The zero-order chi connectivity index (χ0) is 8.20. The molecule has 0 rings (SSSR count). The number of halogens is 3. The van der Waals surface area contributed by atoms with E-state index < -0.39 is 4.46 Å². The average molecular weight is 204 g/mol. The molecule has 0 aromatic heterocycles. The van der Waals surface area contributed by atoms with Crippen LogP contribution in [0.3, 0.4) is 0 Å². The van der Waals surface area contributed by atoms with E-state index in [9.17, 15) is 4.79 Å². The highest BCUT2D eigenvalue weighted by atomic mass is 35.5. The van der Waals surface area contributed by atoms with Crippen LogP contribution in [0.4, 0.5) is 0 Å². The van der Waals surface area contributed by atoms with Gasteiger partial charge in [0.05, 0.1) is 5.88 Å². The molecule has 60 valence electrons. The number of nitrogens with zero attached hydrogens (tertiary/aromatic N) is 1. The Morgan fingerprint density at radius 2 is 2.10 bits per heavy atom. The second-order valence-electron chi connectivity index (χ2n) is 1.69. The quantitative estimate of drug-likeness (QED) is 0.389. The number of rotatable bonds is 4. The van der Waals surface area contributed by atoms with Crippen molar-refractivity contribution in [3.63, 3.8) is 0 Å². The van der Waals surface area contributed by atoms with Crippen molar-refractivity contribution in [2.24, 2.45) is 0 Å². The molecule has 0 aliphatic carbocycles. The fourth-order valence-electron chi connectivity index (χ4n) is 0.460. The maximum Gasteiger partial charge on any atom is 0.212 e. The Balaban J connectivity index is 4.10. The first kappa shape index (κ1) is 10.3. The Labute approximate surface area is 75.0 Å². The molecule has 10 heavy (non-hydrogen) atoms. The molecule has 0 fully saturated rings. The summed E-state index contributed by atoms with van der Waals surface area (Å²) in [6, 6.07) is 0. The first-order chi connectivity index (χ1) is 4.58. The van der Waals surface area contributed by atoms with Crippen LogP contribution in [0, 0.1) is 0 Å². The van der Waals surface area contributed by atoms with E-state index in [1.807, 2.05) is 0 Å². The smallest absolute Gasteiger partial charge is 0.212 e. The van der Waals surface area contributed by atoms with Crippen molar-refractivity contribution in [1.29, 1.82) is 0 Å². The van der Waals surface area contributed by atoms with Gasteiger partial charge in [-0.3, -0.25) is 4.79 Å².